The van der Waals surface area contributed by atoms with Crippen molar-refractivity contribution < 1.29 is 34.0 Å². The van der Waals surface area contributed by atoms with E-state index in [1.165, 1.54) is 19.8 Å². The van der Waals surface area contributed by atoms with E-state index in [4.69, 9.17) is 14.2 Å². The zero-order valence-electron chi connectivity index (χ0n) is 21.3. The zero-order chi connectivity index (χ0) is 26.0. The third kappa shape index (κ3) is 6.60. The van der Waals surface area contributed by atoms with E-state index in [2.05, 4.69) is 11.0 Å². The number of carbonyl (C=O) groups excluding carboxylic acids is 2. The first kappa shape index (κ1) is 28.3. The van der Waals surface area contributed by atoms with Gasteiger partial charge >= 0.3 is 11.9 Å². The van der Waals surface area contributed by atoms with E-state index in [1.807, 2.05) is 26.1 Å². The minimum atomic E-state index is -1.67. The van der Waals surface area contributed by atoms with Gasteiger partial charge in [-0.05, 0) is 73.7 Å². The predicted octanol–water partition coefficient (Wildman–Crippen LogP) is 2.53. The molecule has 0 heterocycles. The Balaban J connectivity index is 2.18. The SMILES string of the molecule is COC(=O)C(CCCN(C)CCc1ccc(C)c(OC)c1)(C(=O)OC)c1ccc(CO)c(CO)c1. The van der Waals surface area contributed by atoms with Crippen molar-refractivity contribution in [3.05, 3.63) is 64.2 Å². The highest BCUT2D eigenvalue weighted by Crippen LogP contribution is 2.34. The highest BCUT2D eigenvalue weighted by Gasteiger charge is 2.49. The van der Waals surface area contributed by atoms with Crippen LogP contribution in [-0.2, 0) is 44.1 Å². The Morgan fingerprint density at radius 2 is 1.57 bits per heavy atom. The summed E-state index contributed by atoms with van der Waals surface area (Å²) in [5.41, 5.74) is 1.90. The van der Waals surface area contributed by atoms with Gasteiger partial charge in [0.1, 0.15) is 5.75 Å². The van der Waals surface area contributed by atoms with Gasteiger partial charge in [-0.1, -0.05) is 30.3 Å². The van der Waals surface area contributed by atoms with Gasteiger partial charge in [0, 0.05) is 6.54 Å². The number of nitrogens with zero attached hydrogens (tertiary/aromatic N) is 1. The van der Waals surface area contributed by atoms with Crippen LogP contribution in [0.1, 0.15) is 40.7 Å². The van der Waals surface area contributed by atoms with Crippen LogP contribution in [0.3, 0.4) is 0 Å². The third-order valence-corrected chi connectivity index (χ3v) is 6.45. The van der Waals surface area contributed by atoms with Crippen LogP contribution in [0.15, 0.2) is 36.4 Å². The first-order valence-electron chi connectivity index (χ1n) is 11.6. The molecule has 8 heteroatoms. The predicted molar refractivity (Wildman–Crippen MR) is 132 cm³/mol. The number of likely N-dealkylation sites (N-methyl/N-ethyl adjacent to an activating group) is 1. The van der Waals surface area contributed by atoms with Gasteiger partial charge in [-0.15, -0.1) is 0 Å². The number of aliphatic hydroxyl groups excluding tert-OH is 2. The van der Waals surface area contributed by atoms with Crippen LogP contribution < -0.4 is 4.74 Å². The van der Waals surface area contributed by atoms with Gasteiger partial charge in [-0.25, -0.2) is 0 Å². The monoisotopic (exact) mass is 487 g/mol. The molecule has 0 atom stereocenters. The second-order valence-electron chi connectivity index (χ2n) is 8.65. The lowest BCUT2D eigenvalue weighted by atomic mass is 9.75. The van der Waals surface area contributed by atoms with Crippen molar-refractivity contribution >= 4 is 11.9 Å². The fourth-order valence-electron chi connectivity index (χ4n) is 4.27. The Labute approximate surface area is 207 Å². The van der Waals surface area contributed by atoms with Crippen molar-refractivity contribution in [1.82, 2.24) is 4.90 Å². The molecule has 0 radical (unpaired) electrons. The standard InChI is InChI=1S/C27H37NO7/c1-19-7-8-20(15-24(19)33-3)11-14-28(2)13-6-12-27(25(31)34-4,26(32)35-5)23-10-9-21(17-29)22(16-23)18-30/h7-10,15-16,29-30H,6,11-14,17-18H2,1-5H3. The number of ether oxygens (including phenoxy) is 3. The lowest BCUT2D eigenvalue weighted by molar-refractivity contribution is -0.162. The smallest absolute Gasteiger partial charge is 0.327 e. The Bertz CT molecular complexity index is 989. The maximum atomic E-state index is 13.0. The summed E-state index contributed by atoms with van der Waals surface area (Å²) in [6.07, 6.45) is 1.52. The van der Waals surface area contributed by atoms with E-state index in [9.17, 15) is 19.8 Å². The lowest BCUT2D eigenvalue weighted by Gasteiger charge is -2.30. The largest absolute Gasteiger partial charge is 0.496 e. The van der Waals surface area contributed by atoms with Crippen LogP contribution in [0.5, 0.6) is 5.75 Å². The summed E-state index contributed by atoms with van der Waals surface area (Å²) >= 11 is 0. The topological polar surface area (TPSA) is 106 Å². The van der Waals surface area contributed by atoms with Crippen molar-refractivity contribution in [2.24, 2.45) is 0 Å². The number of aliphatic hydroxyl groups is 2. The molecule has 0 spiro atoms. The van der Waals surface area contributed by atoms with Crippen LogP contribution in [0.4, 0.5) is 0 Å². The first-order valence-corrected chi connectivity index (χ1v) is 11.6. The van der Waals surface area contributed by atoms with Gasteiger partial charge < -0.3 is 29.3 Å². The Kier molecular flexibility index (Phi) is 10.7. The molecule has 0 fully saturated rings. The highest BCUT2D eigenvalue weighted by molar-refractivity contribution is 6.06. The number of esters is 2. The van der Waals surface area contributed by atoms with Crippen molar-refractivity contribution in [3.63, 3.8) is 0 Å². The quantitative estimate of drug-likeness (QED) is 0.328. The molecule has 0 saturated carbocycles. The van der Waals surface area contributed by atoms with Crippen molar-refractivity contribution in [1.29, 1.82) is 0 Å². The summed E-state index contributed by atoms with van der Waals surface area (Å²) in [5, 5.41) is 19.2. The second kappa shape index (κ2) is 13.2. The summed E-state index contributed by atoms with van der Waals surface area (Å²) in [5.74, 6) is -0.584. The maximum absolute atomic E-state index is 13.0. The fourth-order valence-corrected chi connectivity index (χ4v) is 4.27. The molecule has 0 unspecified atom stereocenters. The number of methoxy groups -OCH3 is 3. The summed E-state index contributed by atoms with van der Waals surface area (Å²) < 4.78 is 15.5. The number of carbonyl (C=O) groups is 2. The van der Waals surface area contributed by atoms with Crippen molar-refractivity contribution in [3.8, 4) is 5.75 Å². The molecule has 2 rings (SSSR count). The van der Waals surface area contributed by atoms with E-state index < -0.39 is 17.4 Å². The molecule has 35 heavy (non-hydrogen) atoms. The number of hydrogen-bond acceptors (Lipinski definition) is 8. The van der Waals surface area contributed by atoms with Gasteiger partial charge in [0.15, 0.2) is 5.41 Å². The number of benzene rings is 2. The molecule has 192 valence electrons. The van der Waals surface area contributed by atoms with Crippen molar-refractivity contribution in [2.45, 2.75) is 44.8 Å². The van der Waals surface area contributed by atoms with Crippen LogP contribution >= 0.6 is 0 Å². The van der Waals surface area contributed by atoms with E-state index in [0.29, 0.717) is 29.7 Å². The molecule has 0 aliphatic heterocycles. The van der Waals surface area contributed by atoms with E-state index in [-0.39, 0.29) is 19.6 Å². The summed E-state index contributed by atoms with van der Waals surface area (Å²) in [6, 6.07) is 10.9. The molecule has 2 N–H and O–H groups in total. The lowest BCUT2D eigenvalue weighted by Crippen LogP contribution is -2.46. The highest BCUT2D eigenvalue weighted by atomic mass is 16.5. The summed E-state index contributed by atoms with van der Waals surface area (Å²) in [6.45, 7) is 2.83. The molecular weight excluding hydrogens is 450 g/mol. The van der Waals surface area contributed by atoms with Gasteiger partial charge in [0.25, 0.3) is 0 Å². The Hall–Kier alpha value is -2.94. The van der Waals surface area contributed by atoms with Gasteiger partial charge in [0.2, 0.25) is 0 Å². The van der Waals surface area contributed by atoms with Crippen LogP contribution in [0, 0.1) is 6.92 Å². The van der Waals surface area contributed by atoms with Gasteiger partial charge in [0.05, 0.1) is 34.5 Å². The number of aryl methyl sites for hydroxylation is 1. The minimum Gasteiger partial charge on any atom is -0.496 e. The molecule has 8 nitrogen and oxygen atoms in total. The minimum absolute atomic E-state index is 0.165. The summed E-state index contributed by atoms with van der Waals surface area (Å²) in [7, 11) is 6.12. The molecule has 0 aliphatic rings. The molecule has 2 aromatic rings. The van der Waals surface area contributed by atoms with E-state index in [0.717, 1.165) is 24.3 Å². The van der Waals surface area contributed by atoms with E-state index >= 15 is 0 Å². The van der Waals surface area contributed by atoms with Crippen LogP contribution in [0.25, 0.3) is 0 Å². The number of rotatable bonds is 13. The fraction of sp³-hybridized carbons (Fsp3) is 0.481. The molecule has 0 saturated heterocycles. The van der Waals surface area contributed by atoms with Gasteiger partial charge in [-0.2, -0.15) is 0 Å². The molecular formula is C27H37NO7. The molecule has 0 amide bonds. The normalized spacial score (nSPS) is 11.4. The van der Waals surface area contributed by atoms with E-state index in [1.54, 1.807) is 25.3 Å². The Morgan fingerprint density at radius 1 is 0.914 bits per heavy atom. The van der Waals surface area contributed by atoms with Crippen molar-refractivity contribution in [2.75, 3.05) is 41.5 Å². The Morgan fingerprint density at radius 3 is 2.14 bits per heavy atom. The molecule has 2 aromatic carbocycles. The molecule has 0 bridgehead atoms. The van der Waals surface area contributed by atoms with Crippen LogP contribution in [0.2, 0.25) is 0 Å². The maximum Gasteiger partial charge on any atom is 0.327 e. The third-order valence-electron chi connectivity index (χ3n) is 6.45. The second-order valence-corrected chi connectivity index (χ2v) is 8.65. The van der Waals surface area contributed by atoms with Crippen LogP contribution in [-0.4, -0.2) is 68.5 Å². The molecule has 0 aliphatic carbocycles. The molecule has 0 aromatic heterocycles. The number of hydrogen-bond donors (Lipinski definition) is 2. The summed E-state index contributed by atoms with van der Waals surface area (Å²) in [4.78, 5) is 28.1. The first-order chi connectivity index (χ1) is 16.8. The average molecular weight is 488 g/mol. The zero-order valence-corrected chi connectivity index (χ0v) is 21.3. The average Bonchev–Trinajstić information content (AvgIpc) is 2.89. The van der Waals surface area contributed by atoms with Gasteiger partial charge in [-0.3, -0.25) is 9.59 Å².